The minimum absolute atomic E-state index is 0.596. The summed E-state index contributed by atoms with van der Waals surface area (Å²) < 4.78 is 0. The van der Waals surface area contributed by atoms with Gasteiger partial charge in [-0.15, -0.1) is 11.3 Å². The molecule has 22 heavy (non-hydrogen) atoms. The summed E-state index contributed by atoms with van der Waals surface area (Å²) >= 11 is 1.74. The molecule has 1 aromatic heterocycles. The maximum absolute atomic E-state index is 4.54. The van der Waals surface area contributed by atoms with Gasteiger partial charge in [-0.3, -0.25) is 4.99 Å². The first-order valence-corrected chi connectivity index (χ1v) is 8.44. The molecule has 0 saturated carbocycles. The van der Waals surface area contributed by atoms with Gasteiger partial charge in [0.2, 0.25) is 0 Å². The third-order valence-corrected chi connectivity index (χ3v) is 5.25. The fraction of sp³-hybridized carbons (Fsp3) is 0.412. The number of nitrogens with one attached hydrogen (secondary N) is 2. The molecule has 3 rings (SSSR count). The summed E-state index contributed by atoms with van der Waals surface area (Å²) in [6, 6.07) is 8.67. The van der Waals surface area contributed by atoms with Crippen LogP contribution < -0.4 is 10.6 Å². The Hall–Kier alpha value is -1.88. The Bertz CT molecular complexity index is 670. The van der Waals surface area contributed by atoms with E-state index in [4.69, 9.17) is 0 Å². The number of rotatable bonds is 4. The lowest BCUT2D eigenvalue weighted by molar-refractivity contribution is 0.584. The van der Waals surface area contributed by atoms with E-state index in [1.54, 1.807) is 11.3 Å². The maximum atomic E-state index is 4.54. The standard InChI is InChI=1S/C17H22N4S/c1-11-12(2)22-16(21-11)10-20-17(18-3)19-9-14-8-13-6-4-5-7-15(13)14/h4-7,14H,8-10H2,1-3H3,(H2,18,19,20). The highest BCUT2D eigenvalue weighted by Gasteiger charge is 2.25. The van der Waals surface area contributed by atoms with Gasteiger partial charge in [-0.25, -0.2) is 4.98 Å². The molecule has 2 aromatic rings. The smallest absolute Gasteiger partial charge is 0.191 e. The Morgan fingerprint density at radius 2 is 2.14 bits per heavy atom. The normalized spacial score (nSPS) is 16.9. The van der Waals surface area contributed by atoms with Crippen LogP contribution in [0.3, 0.4) is 0 Å². The van der Waals surface area contributed by atoms with E-state index in [1.807, 2.05) is 7.05 Å². The molecule has 0 amide bonds. The molecule has 0 radical (unpaired) electrons. The number of aryl methyl sites for hydroxylation is 2. The number of aromatic nitrogens is 1. The third kappa shape index (κ3) is 3.14. The van der Waals surface area contributed by atoms with Gasteiger partial charge in [-0.1, -0.05) is 24.3 Å². The second kappa shape index (κ2) is 6.48. The molecule has 0 aliphatic heterocycles. The van der Waals surface area contributed by atoms with Crippen LogP contribution in [0.1, 0.15) is 32.6 Å². The van der Waals surface area contributed by atoms with Gasteiger partial charge in [0, 0.05) is 24.4 Å². The van der Waals surface area contributed by atoms with Crippen molar-refractivity contribution in [2.75, 3.05) is 13.6 Å². The average Bonchev–Trinajstić information content (AvgIpc) is 2.82. The van der Waals surface area contributed by atoms with Crippen LogP contribution in [0.2, 0.25) is 0 Å². The van der Waals surface area contributed by atoms with Crippen molar-refractivity contribution < 1.29 is 0 Å². The summed E-state index contributed by atoms with van der Waals surface area (Å²) in [6.07, 6.45) is 1.16. The molecule has 4 nitrogen and oxygen atoms in total. The van der Waals surface area contributed by atoms with Crippen LogP contribution in [0.5, 0.6) is 0 Å². The maximum Gasteiger partial charge on any atom is 0.191 e. The highest BCUT2D eigenvalue weighted by Crippen LogP contribution is 2.33. The number of hydrogen-bond donors (Lipinski definition) is 2. The Kier molecular flexibility index (Phi) is 4.43. The second-order valence-electron chi connectivity index (χ2n) is 5.66. The molecule has 116 valence electrons. The molecule has 5 heteroatoms. The van der Waals surface area contributed by atoms with E-state index in [0.29, 0.717) is 5.92 Å². The summed E-state index contributed by atoms with van der Waals surface area (Å²) in [6.45, 7) is 5.81. The van der Waals surface area contributed by atoms with Crippen LogP contribution in [0.4, 0.5) is 0 Å². The number of fused-ring (bicyclic) bond motifs is 1. The molecule has 0 saturated heterocycles. The Balaban J connectivity index is 1.49. The van der Waals surface area contributed by atoms with Crippen molar-refractivity contribution in [3.63, 3.8) is 0 Å². The summed E-state index contributed by atoms with van der Waals surface area (Å²) in [7, 11) is 1.81. The molecule has 1 aliphatic carbocycles. The van der Waals surface area contributed by atoms with E-state index in [-0.39, 0.29) is 0 Å². The van der Waals surface area contributed by atoms with Gasteiger partial charge in [0.25, 0.3) is 0 Å². The minimum Gasteiger partial charge on any atom is -0.356 e. The SMILES string of the molecule is CN=C(NCc1nc(C)c(C)s1)NCC1Cc2ccccc21. The lowest BCUT2D eigenvalue weighted by Gasteiger charge is -2.30. The zero-order chi connectivity index (χ0) is 15.5. The quantitative estimate of drug-likeness (QED) is 0.674. The van der Waals surface area contributed by atoms with Crippen molar-refractivity contribution in [2.24, 2.45) is 4.99 Å². The number of guanidine groups is 1. The molecule has 1 aromatic carbocycles. The van der Waals surface area contributed by atoms with Gasteiger partial charge in [-0.2, -0.15) is 0 Å². The fourth-order valence-electron chi connectivity index (χ4n) is 2.76. The number of benzene rings is 1. The molecule has 1 unspecified atom stereocenters. The molecule has 1 atom stereocenters. The van der Waals surface area contributed by atoms with Crippen molar-refractivity contribution in [3.05, 3.63) is 51.0 Å². The van der Waals surface area contributed by atoms with Gasteiger partial charge < -0.3 is 10.6 Å². The van der Waals surface area contributed by atoms with Crippen molar-refractivity contribution in [2.45, 2.75) is 32.7 Å². The molecule has 0 bridgehead atoms. The minimum atomic E-state index is 0.596. The third-order valence-electron chi connectivity index (χ3n) is 4.18. The van der Waals surface area contributed by atoms with Gasteiger partial charge in [0.1, 0.15) is 5.01 Å². The van der Waals surface area contributed by atoms with E-state index in [2.05, 4.69) is 58.7 Å². The Labute approximate surface area is 135 Å². The Morgan fingerprint density at radius 1 is 1.32 bits per heavy atom. The first-order valence-electron chi connectivity index (χ1n) is 7.62. The number of aliphatic imine (C=N–C) groups is 1. The van der Waals surface area contributed by atoms with Crippen molar-refractivity contribution in [3.8, 4) is 0 Å². The molecule has 0 spiro atoms. The number of thiazole rings is 1. The van der Waals surface area contributed by atoms with Crippen molar-refractivity contribution in [1.82, 2.24) is 15.6 Å². The molecule has 2 N–H and O–H groups in total. The molecular formula is C17H22N4S. The largest absolute Gasteiger partial charge is 0.356 e. The Morgan fingerprint density at radius 3 is 2.82 bits per heavy atom. The van der Waals surface area contributed by atoms with Gasteiger partial charge in [0.05, 0.1) is 12.2 Å². The average molecular weight is 314 g/mol. The zero-order valence-electron chi connectivity index (χ0n) is 13.3. The first-order chi connectivity index (χ1) is 10.7. The van der Waals surface area contributed by atoms with Crippen LogP contribution in [-0.4, -0.2) is 24.5 Å². The van der Waals surface area contributed by atoms with Gasteiger partial charge in [0.15, 0.2) is 5.96 Å². The van der Waals surface area contributed by atoms with Crippen LogP contribution in [-0.2, 0) is 13.0 Å². The predicted molar refractivity (Wildman–Crippen MR) is 92.7 cm³/mol. The summed E-state index contributed by atoms with van der Waals surface area (Å²) in [5.41, 5.74) is 4.07. The van der Waals surface area contributed by atoms with Gasteiger partial charge >= 0.3 is 0 Å². The van der Waals surface area contributed by atoms with Gasteiger partial charge in [-0.05, 0) is 31.4 Å². The molecule has 0 fully saturated rings. The van der Waals surface area contributed by atoms with E-state index < -0.39 is 0 Å². The summed E-state index contributed by atoms with van der Waals surface area (Å²) in [5, 5.41) is 7.86. The first kappa shape index (κ1) is 15.0. The van der Waals surface area contributed by atoms with Crippen molar-refractivity contribution in [1.29, 1.82) is 0 Å². The summed E-state index contributed by atoms with van der Waals surface area (Å²) in [5.74, 6) is 1.44. The topological polar surface area (TPSA) is 49.3 Å². The highest BCUT2D eigenvalue weighted by atomic mass is 32.1. The predicted octanol–water partition coefficient (Wildman–Crippen LogP) is 2.76. The monoisotopic (exact) mass is 314 g/mol. The molecule has 1 aliphatic rings. The van der Waals surface area contributed by atoms with Crippen molar-refractivity contribution >= 4 is 17.3 Å². The highest BCUT2D eigenvalue weighted by molar-refractivity contribution is 7.11. The van der Waals surface area contributed by atoms with Crippen LogP contribution in [0.15, 0.2) is 29.3 Å². The van der Waals surface area contributed by atoms with E-state index >= 15 is 0 Å². The van der Waals surface area contributed by atoms with Crippen LogP contribution in [0.25, 0.3) is 0 Å². The lowest BCUT2D eigenvalue weighted by Crippen LogP contribution is -2.40. The number of nitrogens with zero attached hydrogens (tertiary/aromatic N) is 2. The molecule has 1 heterocycles. The fourth-order valence-corrected chi connectivity index (χ4v) is 3.63. The van der Waals surface area contributed by atoms with Crippen LogP contribution >= 0.6 is 11.3 Å². The summed E-state index contributed by atoms with van der Waals surface area (Å²) in [4.78, 5) is 10.1. The second-order valence-corrected chi connectivity index (χ2v) is 6.94. The van der Waals surface area contributed by atoms with Crippen LogP contribution in [0, 0.1) is 13.8 Å². The van der Waals surface area contributed by atoms with E-state index in [9.17, 15) is 0 Å². The van der Waals surface area contributed by atoms with E-state index in [0.717, 1.165) is 36.2 Å². The zero-order valence-corrected chi connectivity index (χ0v) is 14.1. The van der Waals surface area contributed by atoms with E-state index in [1.165, 1.54) is 16.0 Å². The number of hydrogen-bond acceptors (Lipinski definition) is 3. The molecular weight excluding hydrogens is 292 g/mol. The lowest BCUT2D eigenvalue weighted by atomic mass is 9.78.